The number of anilines is 2. The summed E-state index contributed by atoms with van der Waals surface area (Å²) in [5, 5.41) is 38.3. The number of benzene rings is 2. The van der Waals surface area contributed by atoms with Gasteiger partial charge in [0.05, 0.1) is 115 Å². The van der Waals surface area contributed by atoms with E-state index < -0.39 is 0 Å². The molecule has 2 aromatic heterocycles. The van der Waals surface area contributed by atoms with Crippen molar-refractivity contribution in [1.82, 2.24) is 0 Å². The van der Waals surface area contributed by atoms with Crippen molar-refractivity contribution in [2.45, 2.75) is 261 Å². The Bertz CT molecular complexity index is 4090. The highest BCUT2D eigenvalue weighted by molar-refractivity contribution is 7.20. The minimum absolute atomic E-state index is 0.165. The Kier molecular flexibility index (Phi) is 82.9. The van der Waals surface area contributed by atoms with Crippen LogP contribution in [0.2, 0.25) is 0 Å². The van der Waals surface area contributed by atoms with Gasteiger partial charge in [0.15, 0.2) is 0 Å². The molecular formula is C96H138N10O22S2. The summed E-state index contributed by atoms with van der Waals surface area (Å²) in [6, 6.07) is 16.0. The standard InChI is InChI=1S/C46H71N5O7S.C46H67N5O7S.4CO2/c2*1-6-8-10-12-14-16-18-20-22-43(52)57-34-32-55-29-27-51(26-28-54-30-31-56-33-35-58-44(53)23-21-19-17-15-13-11-9-7-2)40-24-25-42(38(3)36-40)49-50-46-41(37-47)39(4)45(48-5)59-46;4*2-1-3/h24-25,36H,6-23,26-35H2,1-4H3;14-17,24-25,36H,6-13,18-23,26-35H2,1-4H3;;;;/b;16-14+,17-15+,50-49?;;;;. The topological polar surface area (TPSA) is 409 Å². The van der Waals surface area contributed by atoms with E-state index in [1.54, 1.807) is 13.8 Å². The largest absolute Gasteiger partial charge is 0.463 e. The molecule has 4 aromatic rings. The predicted molar refractivity (Wildman–Crippen MR) is 493 cm³/mol. The molecule has 0 amide bonds. The smallest absolute Gasteiger partial charge is 0.373 e. The van der Waals surface area contributed by atoms with Gasteiger partial charge in [-0.15, -0.1) is 43.1 Å². The first-order valence-electron chi connectivity index (χ1n) is 45.1. The molecule has 0 spiro atoms. The number of hydrogen-bond acceptors (Lipinski definition) is 32. The molecule has 0 aliphatic carbocycles. The molecule has 0 radical (unpaired) electrons. The molecule has 0 unspecified atom stereocenters. The van der Waals surface area contributed by atoms with Crippen LogP contribution in [0.5, 0.6) is 0 Å². The van der Waals surface area contributed by atoms with Crippen LogP contribution in [0.25, 0.3) is 9.69 Å². The Morgan fingerprint density at radius 1 is 0.354 bits per heavy atom. The number of carbonyl (C=O) groups excluding carboxylic acids is 12. The zero-order valence-corrected chi connectivity index (χ0v) is 79.4. The van der Waals surface area contributed by atoms with Crippen molar-refractivity contribution < 1.29 is 105 Å². The SMILES string of the molecule is O=C=O.O=C=O.O=C=O.O=C=O.[C-]#[N+]c1sc(N=Nc2ccc(N(CCOCCOCCOC(=O)CCC/C=C/CCCCC)CCOCCOC(=O)CCC/C=C/CCCCC)cc2C)c(C#N)c1C.[C-]#[N+]c1sc(N=Nc2ccc(N(CCOCCOCCOC(=O)CCCCCCCCCC)CCOCCOC(=O)CCCCCCCCCC)cc2C)c(C#N)c1C. The molecule has 0 atom stereocenters. The third-order valence-electron chi connectivity index (χ3n) is 19.2. The van der Waals surface area contributed by atoms with Gasteiger partial charge in [-0.1, -0.05) is 168 Å². The number of carbonyl (C=O) groups is 4. The van der Waals surface area contributed by atoms with E-state index in [4.69, 9.17) is 98.9 Å². The fourth-order valence-corrected chi connectivity index (χ4v) is 13.9. The van der Waals surface area contributed by atoms with Crippen LogP contribution < -0.4 is 9.80 Å². The van der Waals surface area contributed by atoms with Gasteiger partial charge in [0.25, 0.3) is 0 Å². The molecular weight excluding hydrogens is 1710 g/mol. The average molecular weight is 1850 g/mol. The fourth-order valence-electron chi connectivity index (χ4n) is 12.2. The van der Waals surface area contributed by atoms with Gasteiger partial charge in [-0.25, -0.2) is 9.69 Å². The number of aryl methyl sites for hydroxylation is 2. The summed E-state index contributed by atoms with van der Waals surface area (Å²) < 4.78 is 56.1. The van der Waals surface area contributed by atoms with E-state index in [0.717, 1.165) is 109 Å². The van der Waals surface area contributed by atoms with Crippen molar-refractivity contribution in [3.05, 3.63) is 117 Å². The molecule has 2 aromatic carbocycles. The molecule has 0 saturated carbocycles. The lowest BCUT2D eigenvalue weighted by atomic mass is 10.1. The Labute approximate surface area is 777 Å². The van der Waals surface area contributed by atoms with E-state index in [1.807, 2.05) is 50.2 Å². The second-order valence-electron chi connectivity index (χ2n) is 29.2. The van der Waals surface area contributed by atoms with Crippen molar-refractivity contribution in [3.8, 4) is 12.1 Å². The van der Waals surface area contributed by atoms with Crippen LogP contribution in [-0.2, 0) is 105 Å². The van der Waals surface area contributed by atoms with Crippen molar-refractivity contribution in [2.75, 3.05) is 142 Å². The van der Waals surface area contributed by atoms with Crippen LogP contribution >= 0.6 is 22.7 Å². The van der Waals surface area contributed by atoms with E-state index in [0.29, 0.717) is 185 Å². The summed E-state index contributed by atoms with van der Waals surface area (Å²) in [7, 11) is 0. The van der Waals surface area contributed by atoms with E-state index in [1.165, 1.54) is 116 Å². The summed E-state index contributed by atoms with van der Waals surface area (Å²) in [5.74, 6) is -0.743. The van der Waals surface area contributed by atoms with Gasteiger partial charge in [-0.2, -0.15) is 48.9 Å². The monoisotopic (exact) mass is 1850 g/mol. The highest BCUT2D eigenvalue weighted by Gasteiger charge is 2.19. The van der Waals surface area contributed by atoms with Crippen LogP contribution in [0.1, 0.15) is 267 Å². The second-order valence-corrected chi connectivity index (χ2v) is 31.2. The Morgan fingerprint density at radius 3 is 0.869 bits per heavy atom. The van der Waals surface area contributed by atoms with Gasteiger partial charge >= 0.3 is 48.5 Å². The van der Waals surface area contributed by atoms with Gasteiger partial charge < -0.3 is 57.2 Å². The summed E-state index contributed by atoms with van der Waals surface area (Å²) in [5.41, 5.74) is 6.99. The van der Waals surface area contributed by atoms with Crippen molar-refractivity contribution in [3.63, 3.8) is 0 Å². The maximum atomic E-state index is 12.2. The number of nitriles is 2. The molecule has 4 rings (SSSR count). The number of allylic oxidation sites excluding steroid dienone is 4. The first kappa shape index (κ1) is 121. The summed E-state index contributed by atoms with van der Waals surface area (Å²) in [6.07, 6.45) is 43.3. The van der Waals surface area contributed by atoms with Gasteiger partial charge in [0.1, 0.15) is 48.6 Å². The number of hydrogen-bond donors (Lipinski definition) is 0. The van der Waals surface area contributed by atoms with E-state index in [2.05, 4.69) is 104 Å². The molecule has 130 heavy (non-hydrogen) atoms. The van der Waals surface area contributed by atoms with Crippen LogP contribution in [0.15, 0.2) is 81.2 Å². The quantitative estimate of drug-likeness (QED) is 0.00989. The molecule has 0 aliphatic rings. The highest BCUT2D eigenvalue weighted by Crippen LogP contribution is 2.43. The number of esters is 4. The third-order valence-corrected chi connectivity index (χ3v) is 21.3. The Balaban J connectivity index is 0. The van der Waals surface area contributed by atoms with Crippen molar-refractivity contribution >= 4 is 114 Å². The minimum atomic E-state index is -0.207. The number of thiophene rings is 2. The van der Waals surface area contributed by atoms with E-state index >= 15 is 0 Å². The lowest BCUT2D eigenvalue weighted by molar-refractivity contribution is -0.193. The first-order chi connectivity index (χ1) is 63.3. The van der Waals surface area contributed by atoms with Crippen LogP contribution in [0, 0.1) is 63.5 Å². The molecule has 2 heterocycles. The third kappa shape index (κ3) is 65.7. The summed E-state index contributed by atoms with van der Waals surface area (Å²) >= 11 is 2.32. The van der Waals surface area contributed by atoms with Gasteiger partial charge in [-0.05, 0) is 151 Å². The maximum absolute atomic E-state index is 12.2. The zero-order chi connectivity index (χ0) is 96.4. The van der Waals surface area contributed by atoms with Crippen LogP contribution in [0.3, 0.4) is 0 Å². The van der Waals surface area contributed by atoms with Gasteiger partial charge in [0, 0.05) is 63.2 Å². The predicted octanol–water partition coefficient (Wildman–Crippen LogP) is 21.6. The Hall–Kier alpha value is -10.8. The minimum Gasteiger partial charge on any atom is -0.463 e. The van der Waals surface area contributed by atoms with Crippen molar-refractivity contribution in [1.29, 1.82) is 10.5 Å². The Morgan fingerprint density at radius 2 is 0.600 bits per heavy atom. The normalized spacial score (nSPS) is 10.5. The number of rotatable bonds is 70. The van der Waals surface area contributed by atoms with Crippen molar-refractivity contribution in [2.24, 2.45) is 20.5 Å². The molecule has 0 saturated heterocycles. The van der Waals surface area contributed by atoms with Crippen LogP contribution in [0.4, 0.5) is 42.8 Å². The van der Waals surface area contributed by atoms with Crippen LogP contribution in [-0.4, -0.2) is 180 Å². The fraction of sp³-hybridized carbons (Fsp3) is 0.625. The number of azo groups is 2. The zero-order valence-electron chi connectivity index (χ0n) is 77.8. The average Bonchev–Trinajstić information content (AvgIpc) is 1.66. The highest BCUT2D eigenvalue weighted by atomic mass is 32.1. The second kappa shape index (κ2) is 88.9. The molecule has 34 heteroatoms. The molecule has 0 fully saturated rings. The lowest BCUT2D eigenvalue weighted by Crippen LogP contribution is -2.31. The number of ether oxygens (including phenoxy) is 10. The first-order valence-corrected chi connectivity index (χ1v) is 46.7. The van der Waals surface area contributed by atoms with Gasteiger partial charge in [-0.3, -0.25) is 19.2 Å². The lowest BCUT2D eigenvalue weighted by Gasteiger charge is -2.25. The molecule has 0 N–H and O–H groups in total. The van der Waals surface area contributed by atoms with E-state index in [-0.39, 0.29) is 74.9 Å². The van der Waals surface area contributed by atoms with E-state index in [9.17, 15) is 29.7 Å². The summed E-state index contributed by atoms with van der Waals surface area (Å²) in [6.45, 7) is 38.7. The van der Waals surface area contributed by atoms with Gasteiger partial charge in [0.2, 0.25) is 10.0 Å². The maximum Gasteiger partial charge on any atom is 0.373 e. The molecule has 32 nitrogen and oxygen atoms in total. The molecule has 0 bridgehead atoms. The summed E-state index contributed by atoms with van der Waals surface area (Å²) in [4.78, 5) is 125. The number of nitrogens with zero attached hydrogens (tertiary/aromatic N) is 10. The molecule has 0 aliphatic heterocycles. The number of unbranched alkanes of at least 4 members (excludes halogenated alkanes) is 22. The molecule has 716 valence electrons.